The number of allylic oxidation sites excluding steroid dienone is 14. The fraction of sp³-hybridized carbons (Fsp3) is 0.787. The molecule has 0 aliphatic carbocycles. The predicted molar refractivity (Wildman–Crippen MR) is 380 cm³/mol. The zero-order valence-electron chi connectivity index (χ0n) is 59.0. The highest BCUT2D eigenvalue weighted by molar-refractivity contribution is 5.70. The molecule has 0 N–H and O–H groups in total. The summed E-state index contributed by atoms with van der Waals surface area (Å²) in [5.74, 6) is -2.27. The molecule has 9 nitrogen and oxygen atoms in total. The van der Waals surface area contributed by atoms with Gasteiger partial charge in [-0.25, -0.2) is 0 Å². The van der Waals surface area contributed by atoms with Crippen molar-refractivity contribution in [2.45, 2.75) is 360 Å². The zero-order valence-corrected chi connectivity index (χ0v) is 59.0. The molecule has 0 aromatic rings. The van der Waals surface area contributed by atoms with Crippen molar-refractivity contribution in [2.75, 3.05) is 47.5 Å². The van der Waals surface area contributed by atoms with Gasteiger partial charge in [-0.3, -0.25) is 9.59 Å². The maximum absolute atomic E-state index is 12.9. The molecule has 0 aliphatic rings. The molecule has 0 saturated carbocycles. The lowest BCUT2D eigenvalue weighted by atomic mass is 10.0. The molecule has 2 unspecified atom stereocenters. The molecular formula is C80H143NO8. The Morgan fingerprint density at radius 2 is 0.640 bits per heavy atom. The number of unbranched alkanes of at least 4 members (excludes halogenated alkanes) is 41. The normalized spacial score (nSPS) is 13.1. The van der Waals surface area contributed by atoms with E-state index in [-0.39, 0.29) is 32.2 Å². The molecule has 0 radical (unpaired) electrons. The van der Waals surface area contributed by atoms with E-state index in [1.54, 1.807) is 0 Å². The Morgan fingerprint density at radius 3 is 0.955 bits per heavy atom. The molecular weight excluding hydrogens is 1100 g/mol. The van der Waals surface area contributed by atoms with E-state index < -0.39 is 24.3 Å². The Labute approximate surface area is 550 Å². The van der Waals surface area contributed by atoms with Crippen molar-refractivity contribution in [1.82, 2.24) is 0 Å². The summed E-state index contributed by atoms with van der Waals surface area (Å²) in [4.78, 5) is 37.5. The summed E-state index contributed by atoms with van der Waals surface area (Å²) in [6.45, 7) is 4.66. The maximum Gasteiger partial charge on any atom is 0.306 e. The van der Waals surface area contributed by atoms with Crippen LogP contribution in [0.15, 0.2) is 85.1 Å². The van der Waals surface area contributed by atoms with Crippen LogP contribution in [0.25, 0.3) is 0 Å². The van der Waals surface area contributed by atoms with Crippen molar-refractivity contribution >= 4 is 17.9 Å². The van der Waals surface area contributed by atoms with E-state index in [9.17, 15) is 19.5 Å². The van der Waals surface area contributed by atoms with Gasteiger partial charge in [-0.15, -0.1) is 0 Å². The van der Waals surface area contributed by atoms with Crippen molar-refractivity contribution in [3.05, 3.63) is 85.1 Å². The van der Waals surface area contributed by atoms with Gasteiger partial charge in [0.2, 0.25) is 0 Å². The lowest BCUT2D eigenvalue weighted by Crippen LogP contribution is -2.44. The Balaban J connectivity index is 3.96. The van der Waals surface area contributed by atoms with Gasteiger partial charge in [0, 0.05) is 12.8 Å². The topological polar surface area (TPSA) is 111 Å². The van der Waals surface area contributed by atoms with E-state index in [4.69, 9.17) is 18.9 Å². The summed E-state index contributed by atoms with van der Waals surface area (Å²) in [5.41, 5.74) is 0. The molecule has 2 atom stereocenters. The summed E-state index contributed by atoms with van der Waals surface area (Å²) in [5, 5.41) is 11.8. The molecule has 0 aliphatic heterocycles. The highest BCUT2D eigenvalue weighted by Crippen LogP contribution is 2.19. The molecule has 0 saturated heterocycles. The molecule has 0 aromatic carbocycles. The van der Waals surface area contributed by atoms with E-state index in [0.29, 0.717) is 23.9 Å². The quantitative estimate of drug-likeness (QED) is 0.0195. The summed E-state index contributed by atoms with van der Waals surface area (Å²) in [6.07, 6.45) is 92.7. The monoisotopic (exact) mass is 1250 g/mol. The van der Waals surface area contributed by atoms with E-state index in [0.717, 1.165) is 83.5 Å². The second-order valence-corrected chi connectivity index (χ2v) is 26.6. The van der Waals surface area contributed by atoms with Crippen LogP contribution in [0.4, 0.5) is 0 Å². The lowest BCUT2D eigenvalue weighted by Gasteiger charge is -2.26. The molecule has 0 rings (SSSR count). The van der Waals surface area contributed by atoms with Crippen molar-refractivity contribution in [3.8, 4) is 0 Å². The van der Waals surface area contributed by atoms with Crippen molar-refractivity contribution in [3.63, 3.8) is 0 Å². The first-order chi connectivity index (χ1) is 43.6. The summed E-state index contributed by atoms with van der Waals surface area (Å²) < 4.78 is 22.8. The minimum atomic E-state index is -1.63. The van der Waals surface area contributed by atoms with Crippen molar-refractivity contribution in [2.24, 2.45) is 0 Å². The van der Waals surface area contributed by atoms with Crippen LogP contribution in [-0.4, -0.2) is 82.3 Å². The number of quaternary nitrogens is 1. The van der Waals surface area contributed by atoms with Crippen LogP contribution in [0, 0.1) is 0 Å². The van der Waals surface area contributed by atoms with Gasteiger partial charge in [-0.1, -0.05) is 330 Å². The second-order valence-electron chi connectivity index (χ2n) is 26.6. The summed E-state index contributed by atoms with van der Waals surface area (Å²) in [6, 6.07) is 0. The third kappa shape index (κ3) is 71.8. The van der Waals surface area contributed by atoms with Crippen LogP contribution < -0.4 is 5.11 Å². The molecule has 0 heterocycles. The Kier molecular flexibility index (Phi) is 67.6. The van der Waals surface area contributed by atoms with Gasteiger partial charge < -0.3 is 33.3 Å². The first-order valence-corrected chi connectivity index (χ1v) is 37.7. The Bertz CT molecular complexity index is 1740. The molecule has 9 heteroatoms. The van der Waals surface area contributed by atoms with Crippen LogP contribution in [0.2, 0.25) is 0 Å². The van der Waals surface area contributed by atoms with Crippen molar-refractivity contribution in [1.29, 1.82) is 0 Å². The number of carbonyl (C=O) groups is 3. The summed E-state index contributed by atoms with van der Waals surface area (Å²) in [7, 11) is 5.94. The number of likely N-dealkylation sites (N-methyl/N-ethyl adjacent to an activating group) is 1. The van der Waals surface area contributed by atoms with Gasteiger partial charge in [0.05, 0.1) is 40.3 Å². The number of carboxylic acid groups (broad SMARTS) is 1. The van der Waals surface area contributed by atoms with Crippen molar-refractivity contribution < 1.29 is 42.9 Å². The molecule has 0 bridgehead atoms. The van der Waals surface area contributed by atoms with E-state index in [1.165, 1.54) is 231 Å². The third-order valence-corrected chi connectivity index (χ3v) is 16.6. The maximum atomic E-state index is 12.9. The van der Waals surface area contributed by atoms with Gasteiger partial charge in [0.1, 0.15) is 13.2 Å². The molecule has 0 amide bonds. The molecule has 0 aromatic heterocycles. The van der Waals surface area contributed by atoms with Crippen LogP contribution in [0.3, 0.4) is 0 Å². The van der Waals surface area contributed by atoms with Gasteiger partial charge in [-0.2, -0.15) is 0 Å². The van der Waals surface area contributed by atoms with Gasteiger partial charge in [-0.05, 0) is 89.9 Å². The molecule has 0 spiro atoms. The average Bonchev–Trinajstić information content (AvgIpc) is 3.64. The largest absolute Gasteiger partial charge is 0.545 e. The van der Waals surface area contributed by atoms with E-state index in [2.05, 4.69) is 98.9 Å². The number of esters is 2. The minimum absolute atomic E-state index is 0.146. The van der Waals surface area contributed by atoms with E-state index >= 15 is 0 Å². The molecule has 89 heavy (non-hydrogen) atoms. The highest BCUT2D eigenvalue weighted by atomic mass is 16.7. The number of carboxylic acids is 1. The van der Waals surface area contributed by atoms with Gasteiger partial charge in [0.25, 0.3) is 0 Å². The number of aliphatic carboxylic acids is 1. The number of hydrogen-bond acceptors (Lipinski definition) is 8. The average molecular weight is 1250 g/mol. The van der Waals surface area contributed by atoms with E-state index in [1.807, 2.05) is 21.1 Å². The van der Waals surface area contributed by atoms with Crippen LogP contribution in [0.5, 0.6) is 0 Å². The van der Waals surface area contributed by atoms with Gasteiger partial charge in [0.15, 0.2) is 12.4 Å². The number of carbonyl (C=O) groups excluding carboxylic acids is 3. The standard InChI is InChI=1S/C80H143NO8/c1-6-8-10-12-14-16-18-20-22-24-26-28-30-31-32-33-34-35-36-37-38-39-40-41-42-43-44-45-46-47-49-50-52-54-56-58-60-62-64-66-68-70-77(82)87-74-76(75-88-80(79(84)85)86-73-72-81(3,4)5)89-78(83)71-69-67-65-63-61-59-57-55-53-51-48-29-27-25-23-21-19-17-15-13-11-9-7-2/h9,11,15,17-18,20-21,23-24,26-27,29-31,76,80H,6-8,10,12-14,16,19,22,25,28,32-75H2,1-5H3/b11-9-,17-15-,20-18-,23-21-,26-24-,29-27-,31-30-. The lowest BCUT2D eigenvalue weighted by molar-refractivity contribution is -0.870. The second kappa shape index (κ2) is 70.3. The third-order valence-electron chi connectivity index (χ3n) is 16.6. The van der Waals surface area contributed by atoms with Crippen LogP contribution >= 0.6 is 0 Å². The fourth-order valence-corrected chi connectivity index (χ4v) is 10.9. The van der Waals surface area contributed by atoms with Crippen LogP contribution in [-0.2, 0) is 33.3 Å². The highest BCUT2D eigenvalue weighted by Gasteiger charge is 2.22. The minimum Gasteiger partial charge on any atom is -0.545 e. The molecule has 516 valence electrons. The Hall–Kier alpha value is -3.53. The predicted octanol–water partition coefficient (Wildman–Crippen LogP) is 22.5. The number of nitrogens with zero attached hydrogens (tertiary/aromatic N) is 1. The number of ether oxygens (including phenoxy) is 4. The first-order valence-electron chi connectivity index (χ1n) is 37.7. The summed E-state index contributed by atoms with van der Waals surface area (Å²) >= 11 is 0. The zero-order chi connectivity index (χ0) is 64.7. The SMILES string of the molecule is CC/C=C\C/C=C\C/C=C\C/C=C\CCCCCCCCCCCCC(=O)OC(COC(=O)CCCCCCCCCCCCCCCCCCCCCCCCCCCC/C=C\C/C=C\C/C=C\CCCCCCC)COC(OCC[N+](C)(C)C)C(=O)[O-]. The smallest absolute Gasteiger partial charge is 0.306 e. The number of rotatable bonds is 70. The van der Waals surface area contributed by atoms with Crippen LogP contribution in [0.1, 0.15) is 348 Å². The number of hydrogen-bond donors (Lipinski definition) is 0. The fourth-order valence-electron chi connectivity index (χ4n) is 10.9. The Morgan fingerprint density at radius 1 is 0.348 bits per heavy atom. The van der Waals surface area contributed by atoms with Gasteiger partial charge >= 0.3 is 11.9 Å². The first kappa shape index (κ1) is 85.5. The molecule has 0 fully saturated rings.